The average Bonchev–Trinajstić information content (AvgIpc) is 3.37. The second-order valence-corrected chi connectivity index (χ2v) is 8.24. The number of anilines is 1. The van der Waals surface area contributed by atoms with Crippen LogP contribution in [-0.4, -0.2) is 30.3 Å². The SMILES string of the molecule is COc1ccc(-c2nc(C)c(NC(=O)OCc3ccc4ncsc4c3)s2)c(OC)c1. The Balaban J connectivity index is 1.45. The highest BCUT2D eigenvalue weighted by molar-refractivity contribution is 7.19. The van der Waals surface area contributed by atoms with Gasteiger partial charge in [0.1, 0.15) is 28.1 Å². The molecule has 0 aliphatic rings. The number of fused-ring (bicyclic) bond motifs is 1. The van der Waals surface area contributed by atoms with Crippen LogP contribution in [0.5, 0.6) is 11.5 Å². The van der Waals surface area contributed by atoms with Gasteiger partial charge in [-0.2, -0.15) is 0 Å². The number of methoxy groups -OCH3 is 2. The van der Waals surface area contributed by atoms with Gasteiger partial charge in [0.25, 0.3) is 0 Å². The monoisotopic (exact) mass is 441 g/mol. The third-order valence-corrected chi connectivity index (χ3v) is 6.31. The molecule has 2 aromatic heterocycles. The zero-order chi connectivity index (χ0) is 21.1. The molecule has 2 aromatic carbocycles. The summed E-state index contributed by atoms with van der Waals surface area (Å²) in [6.45, 7) is 2.01. The lowest BCUT2D eigenvalue weighted by Crippen LogP contribution is -2.13. The van der Waals surface area contributed by atoms with Crippen molar-refractivity contribution in [2.45, 2.75) is 13.5 Å². The number of ether oxygens (including phenoxy) is 3. The Morgan fingerprint density at radius 3 is 2.80 bits per heavy atom. The molecule has 0 unspecified atom stereocenters. The third-order valence-electron chi connectivity index (χ3n) is 4.42. The molecule has 0 bridgehead atoms. The Morgan fingerprint density at radius 2 is 2.00 bits per heavy atom. The number of hydrogen-bond donors (Lipinski definition) is 1. The first-order chi connectivity index (χ1) is 14.6. The number of benzene rings is 2. The first-order valence-corrected chi connectivity index (χ1v) is 10.7. The summed E-state index contributed by atoms with van der Waals surface area (Å²) in [6.07, 6.45) is -0.528. The molecule has 0 atom stereocenters. The topological polar surface area (TPSA) is 82.6 Å². The minimum absolute atomic E-state index is 0.177. The van der Waals surface area contributed by atoms with Gasteiger partial charge in [-0.3, -0.25) is 5.32 Å². The molecule has 0 fully saturated rings. The molecule has 1 N–H and O–H groups in total. The molecule has 4 aromatic rings. The number of carbonyl (C=O) groups is 1. The standard InChI is InChI=1S/C21H19N3O4S2/c1-12-19(30-20(23-12)15-6-5-14(26-2)9-17(15)27-3)24-21(25)28-10-13-4-7-16-18(8-13)29-11-22-16/h4-9,11H,10H2,1-3H3,(H,24,25). The van der Waals surface area contributed by atoms with Crippen molar-refractivity contribution in [2.24, 2.45) is 0 Å². The Morgan fingerprint density at radius 1 is 1.13 bits per heavy atom. The summed E-state index contributed by atoms with van der Waals surface area (Å²) in [7, 11) is 3.20. The average molecular weight is 442 g/mol. The van der Waals surface area contributed by atoms with Gasteiger partial charge in [0, 0.05) is 6.07 Å². The zero-order valence-corrected chi connectivity index (χ0v) is 18.2. The van der Waals surface area contributed by atoms with Gasteiger partial charge in [0.05, 0.1) is 41.2 Å². The highest BCUT2D eigenvalue weighted by atomic mass is 32.1. The molecule has 0 aliphatic carbocycles. The molecule has 30 heavy (non-hydrogen) atoms. The minimum Gasteiger partial charge on any atom is -0.497 e. The molecule has 0 spiro atoms. The van der Waals surface area contributed by atoms with Crippen LogP contribution in [0.15, 0.2) is 41.9 Å². The van der Waals surface area contributed by atoms with Crippen LogP contribution in [0.2, 0.25) is 0 Å². The first kappa shape index (κ1) is 20.1. The highest BCUT2D eigenvalue weighted by Crippen LogP contribution is 2.38. The van der Waals surface area contributed by atoms with E-state index in [1.165, 1.54) is 11.3 Å². The van der Waals surface area contributed by atoms with Gasteiger partial charge in [0.2, 0.25) is 0 Å². The van der Waals surface area contributed by atoms with E-state index in [4.69, 9.17) is 14.2 Å². The fourth-order valence-electron chi connectivity index (χ4n) is 2.87. The van der Waals surface area contributed by atoms with Crippen LogP contribution in [0.25, 0.3) is 20.8 Å². The summed E-state index contributed by atoms with van der Waals surface area (Å²) in [4.78, 5) is 21.1. The zero-order valence-electron chi connectivity index (χ0n) is 16.6. The van der Waals surface area contributed by atoms with Crippen molar-refractivity contribution in [1.82, 2.24) is 9.97 Å². The number of thiazole rings is 2. The molecule has 0 saturated heterocycles. The number of nitrogens with zero attached hydrogens (tertiary/aromatic N) is 2. The fraction of sp³-hybridized carbons (Fsp3) is 0.190. The lowest BCUT2D eigenvalue weighted by atomic mass is 10.2. The predicted molar refractivity (Wildman–Crippen MR) is 119 cm³/mol. The van der Waals surface area contributed by atoms with E-state index in [1.54, 1.807) is 37.1 Å². The quantitative estimate of drug-likeness (QED) is 0.426. The third kappa shape index (κ3) is 4.22. The maximum absolute atomic E-state index is 12.3. The number of aromatic nitrogens is 2. The van der Waals surface area contributed by atoms with Gasteiger partial charge in [-0.05, 0) is 36.8 Å². The highest BCUT2D eigenvalue weighted by Gasteiger charge is 2.16. The van der Waals surface area contributed by atoms with E-state index < -0.39 is 6.09 Å². The second kappa shape index (κ2) is 8.68. The Kier molecular flexibility index (Phi) is 5.82. The molecule has 1 amide bonds. The minimum atomic E-state index is -0.528. The second-order valence-electron chi connectivity index (χ2n) is 6.36. The number of rotatable bonds is 6. The fourth-order valence-corrected chi connectivity index (χ4v) is 4.59. The number of carbonyl (C=O) groups excluding carboxylic acids is 1. The van der Waals surface area contributed by atoms with Gasteiger partial charge < -0.3 is 14.2 Å². The van der Waals surface area contributed by atoms with E-state index >= 15 is 0 Å². The largest absolute Gasteiger partial charge is 0.497 e. The van der Waals surface area contributed by atoms with Crippen molar-refractivity contribution in [3.63, 3.8) is 0 Å². The molecule has 7 nitrogen and oxygen atoms in total. The van der Waals surface area contributed by atoms with E-state index in [0.29, 0.717) is 22.2 Å². The van der Waals surface area contributed by atoms with Crippen LogP contribution in [0, 0.1) is 6.92 Å². The van der Waals surface area contributed by atoms with Crippen LogP contribution in [0.1, 0.15) is 11.3 Å². The smallest absolute Gasteiger partial charge is 0.412 e. The molecule has 0 radical (unpaired) electrons. The van der Waals surface area contributed by atoms with Crippen LogP contribution >= 0.6 is 22.7 Å². The molecule has 0 saturated carbocycles. The number of aryl methyl sites for hydroxylation is 1. The summed E-state index contributed by atoms with van der Waals surface area (Å²) < 4.78 is 17.1. The summed E-state index contributed by atoms with van der Waals surface area (Å²) in [5, 5.41) is 4.15. The van der Waals surface area contributed by atoms with E-state index in [2.05, 4.69) is 15.3 Å². The van der Waals surface area contributed by atoms with Gasteiger partial charge in [-0.15, -0.1) is 11.3 Å². The molecule has 9 heteroatoms. The summed E-state index contributed by atoms with van der Waals surface area (Å²) in [5.41, 5.74) is 5.17. The number of amides is 1. The van der Waals surface area contributed by atoms with Crippen molar-refractivity contribution in [3.8, 4) is 22.1 Å². The van der Waals surface area contributed by atoms with Crippen LogP contribution in [0.3, 0.4) is 0 Å². The Hall–Kier alpha value is -3.17. The van der Waals surface area contributed by atoms with Gasteiger partial charge in [0.15, 0.2) is 0 Å². The van der Waals surface area contributed by atoms with Crippen molar-refractivity contribution in [3.05, 3.63) is 53.2 Å². The number of nitrogens with one attached hydrogen (secondary N) is 1. The first-order valence-electron chi connectivity index (χ1n) is 9.03. The van der Waals surface area contributed by atoms with Gasteiger partial charge in [-0.1, -0.05) is 17.4 Å². The maximum Gasteiger partial charge on any atom is 0.412 e. The lowest BCUT2D eigenvalue weighted by Gasteiger charge is -2.08. The van der Waals surface area contributed by atoms with Gasteiger partial charge in [-0.25, -0.2) is 14.8 Å². The Bertz CT molecular complexity index is 1200. The van der Waals surface area contributed by atoms with E-state index in [9.17, 15) is 4.79 Å². The molecular formula is C21H19N3O4S2. The maximum atomic E-state index is 12.3. The van der Waals surface area contributed by atoms with E-state index in [-0.39, 0.29) is 6.61 Å². The van der Waals surface area contributed by atoms with Crippen LogP contribution < -0.4 is 14.8 Å². The number of hydrogen-bond acceptors (Lipinski definition) is 8. The van der Waals surface area contributed by atoms with E-state index in [1.807, 2.05) is 37.3 Å². The lowest BCUT2D eigenvalue weighted by molar-refractivity contribution is 0.155. The van der Waals surface area contributed by atoms with Crippen molar-refractivity contribution < 1.29 is 19.0 Å². The normalized spacial score (nSPS) is 10.8. The van der Waals surface area contributed by atoms with Gasteiger partial charge >= 0.3 is 6.09 Å². The van der Waals surface area contributed by atoms with Crippen LogP contribution in [0.4, 0.5) is 9.80 Å². The summed E-state index contributed by atoms with van der Waals surface area (Å²) in [6, 6.07) is 11.3. The van der Waals surface area contributed by atoms with Crippen molar-refractivity contribution in [2.75, 3.05) is 19.5 Å². The van der Waals surface area contributed by atoms with E-state index in [0.717, 1.165) is 26.4 Å². The molecule has 2 heterocycles. The van der Waals surface area contributed by atoms with Crippen molar-refractivity contribution in [1.29, 1.82) is 0 Å². The predicted octanol–water partition coefficient (Wildman–Crippen LogP) is 5.49. The molecular weight excluding hydrogens is 422 g/mol. The van der Waals surface area contributed by atoms with Crippen molar-refractivity contribution >= 4 is 44.0 Å². The molecule has 4 rings (SSSR count). The van der Waals surface area contributed by atoms with Crippen LogP contribution in [-0.2, 0) is 11.3 Å². The Labute approximate surface area is 181 Å². The summed E-state index contributed by atoms with van der Waals surface area (Å²) >= 11 is 2.91. The molecule has 154 valence electrons. The molecule has 0 aliphatic heterocycles. The summed E-state index contributed by atoms with van der Waals surface area (Å²) in [5.74, 6) is 1.35.